The summed E-state index contributed by atoms with van der Waals surface area (Å²) >= 11 is 5.60. The largest absolute Gasteiger partial charge is 0.396 e. The summed E-state index contributed by atoms with van der Waals surface area (Å²) in [5.41, 5.74) is 0. The van der Waals surface area contributed by atoms with E-state index in [0.29, 0.717) is 11.1 Å². The van der Waals surface area contributed by atoms with E-state index in [1.54, 1.807) is 12.1 Å². The first kappa shape index (κ1) is 12.2. The van der Waals surface area contributed by atoms with E-state index in [1.807, 2.05) is 6.92 Å². The third-order valence-electron chi connectivity index (χ3n) is 2.12. The van der Waals surface area contributed by atoms with Crippen molar-refractivity contribution >= 4 is 17.4 Å². The summed E-state index contributed by atoms with van der Waals surface area (Å²) in [6, 6.07) is 3.50. The van der Waals surface area contributed by atoms with Crippen LogP contribution < -0.4 is 5.32 Å². The molecule has 0 spiro atoms. The van der Waals surface area contributed by atoms with Crippen LogP contribution in [-0.4, -0.2) is 28.5 Å². The molecule has 2 N–H and O–H groups in total. The molecule has 1 heterocycles. The number of nitrogens with one attached hydrogen (secondary N) is 1. The second-order valence-corrected chi connectivity index (χ2v) is 3.99. The fraction of sp³-hybridized carbons (Fsp3) is 0.600. The van der Waals surface area contributed by atoms with Gasteiger partial charge in [0, 0.05) is 13.2 Å². The van der Waals surface area contributed by atoms with Gasteiger partial charge in [-0.15, -0.1) is 10.2 Å². The van der Waals surface area contributed by atoms with Gasteiger partial charge >= 0.3 is 0 Å². The first-order valence-corrected chi connectivity index (χ1v) is 5.44. The Balaban J connectivity index is 2.17. The zero-order valence-corrected chi connectivity index (χ0v) is 9.54. The topological polar surface area (TPSA) is 58.0 Å². The van der Waals surface area contributed by atoms with Crippen LogP contribution in [0, 0.1) is 5.92 Å². The molecule has 0 aliphatic carbocycles. The summed E-state index contributed by atoms with van der Waals surface area (Å²) in [5, 5.41) is 20.0. The Kier molecular flexibility index (Phi) is 5.36. The molecule has 0 fully saturated rings. The molecule has 15 heavy (non-hydrogen) atoms. The van der Waals surface area contributed by atoms with Gasteiger partial charge in [0.15, 0.2) is 5.15 Å². The molecule has 84 valence electrons. The van der Waals surface area contributed by atoms with Gasteiger partial charge < -0.3 is 10.4 Å². The van der Waals surface area contributed by atoms with Crippen LogP contribution in [0.4, 0.5) is 5.82 Å². The second-order valence-electron chi connectivity index (χ2n) is 3.60. The van der Waals surface area contributed by atoms with Crippen molar-refractivity contribution in [1.82, 2.24) is 10.2 Å². The van der Waals surface area contributed by atoms with E-state index in [2.05, 4.69) is 15.5 Å². The van der Waals surface area contributed by atoms with E-state index in [-0.39, 0.29) is 6.61 Å². The highest BCUT2D eigenvalue weighted by atomic mass is 35.5. The molecule has 1 rings (SSSR count). The summed E-state index contributed by atoms with van der Waals surface area (Å²) in [5.74, 6) is 1.10. The highest BCUT2D eigenvalue weighted by molar-refractivity contribution is 6.29. The Hall–Kier alpha value is -0.870. The van der Waals surface area contributed by atoms with Crippen molar-refractivity contribution in [1.29, 1.82) is 0 Å². The molecule has 4 nitrogen and oxygen atoms in total. The minimum atomic E-state index is 0.251. The van der Waals surface area contributed by atoms with Crippen molar-refractivity contribution < 1.29 is 5.11 Å². The number of nitrogens with zero attached hydrogens (tertiary/aromatic N) is 2. The van der Waals surface area contributed by atoms with Gasteiger partial charge in [0.05, 0.1) is 0 Å². The van der Waals surface area contributed by atoms with Crippen LogP contribution in [0.3, 0.4) is 0 Å². The maximum absolute atomic E-state index is 8.82. The van der Waals surface area contributed by atoms with Crippen LogP contribution >= 0.6 is 11.6 Å². The van der Waals surface area contributed by atoms with Crippen LogP contribution in [0.25, 0.3) is 0 Å². The van der Waals surface area contributed by atoms with E-state index in [1.165, 1.54) is 0 Å². The number of aliphatic hydroxyl groups is 1. The molecule has 0 bridgehead atoms. The Morgan fingerprint density at radius 1 is 1.47 bits per heavy atom. The lowest BCUT2D eigenvalue weighted by Crippen LogP contribution is -2.07. The molecule has 0 saturated carbocycles. The Labute approximate surface area is 94.7 Å². The third kappa shape index (κ3) is 4.95. The van der Waals surface area contributed by atoms with Crippen molar-refractivity contribution in [3.63, 3.8) is 0 Å². The van der Waals surface area contributed by atoms with Crippen molar-refractivity contribution in [2.75, 3.05) is 18.5 Å². The molecule has 0 radical (unpaired) electrons. The maximum atomic E-state index is 8.82. The van der Waals surface area contributed by atoms with Crippen LogP contribution in [0.5, 0.6) is 0 Å². The Morgan fingerprint density at radius 2 is 2.27 bits per heavy atom. The van der Waals surface area contributed by atoms with Gasteiger partial charge in [-0.3, -0.25) is 0 Å². The van der Waals surface area contributed by atoms with Gasteiger partial charge in [-0.2, -0.15) is 0 Å². The quantitative estimate of drug-likeness (QED) is 0.733. The molecule has 0 aliphatic rings. The first-order valence-electron chi connectivity index (χ1n) is 5.06. The zero-order chi connectivity index (χ0) is 11.1. The molecule has 1 aromatic heterocycles. The van der Waals surface area contributed by atoms with Gasteiger partial charge in [0.2, 0.25) is 0 Å². The summed E-state index contributed by atoms with van der Waals surface area (Å²) in [6.45, 7) is 3.11. The lowest BCUT2D eigenvalue weighted by molar-refractivity contribution is 0.229. The SMILES string of the molecule is CC(CO)CCCNc1ccc(Cl)nn1. The minimum absolute atomic E-state index is 0.251. The van der Waals surface area contributed by atoms with E-state index < -0.39 is 0 Å². The summed E-state index contributed by atoms with van der Waals surface area (Å²) in [7, 11) is 0. The third-order valence-corrected chi connectivity index (χ3v) is 2.33. The van der Waals surface area contributed by atoms with Crippen molar-refractivity contribution in [3.8, 4) is 0 Å². The predicted molar refractivity (Wildman–Crippen MR) is 61.0 cm³/mol. The van der Waals surface area contributed by atoms with E-state index in [9.17, 15) is 0 Å². The molecular formula is C10H16ClN3O. The Bertz CT molecular complexity index is 279. The lowest BCUT2D eigenvalue weighted by atomic mass is 10.1. The van der Waals surface area contributed by atoms with Gasteiger partial charge in [0.1, 0.15) is 5.82 Å². The maximum Gasteiger partial charge on any atom is 0.151 e. The van der Waals surface area contributed by atoms with Gasteiger partial charge in [-0.25, -0.2) is 0 Å². The van der Waals surface area contributed by atoms with Crippen LogP contribution in [0.2, 0.25) is 5.15 Å². The minimum Gasteiger partial charge on any atom is -0.396 e. The van der Waals surface area contributed by atoms with Crippen molar-refractivity contribution in [2.24, 2.45) is 5.92 Å². The summed E-state index contributed by atoms with van der Waals surface area (Å²) in [4.78, 5) is 0. The van der Waals surface area contributed by atoms with Crippen LogP contribution in [-0.2, 0) is 0 Å². The summed E-state index contributed by atoms with van der Waals surface area (Å²) < 4.78 is 0. The number of anilines is 1. The molecule has 1 unspecified atom stereocenters. The first-order chi connectivity index (χ1) is 7.22. The highest BCUT2D eigenvalue weighted by Gasteiger charge is 1.99. The molecule has 1 aromatic rings. The molecule has 1 atom stereocenters. The zero-order valence-electron chi connectivity index (χ0n) is 8.78. The van der Waals surface area contributed by atoms with Gasteiger partial charge in [-0.1, -0.05) is 18.5 Å². The number of aliphatic hydroxyl groups excluding tert-OH is 1. The molecule has 5 heteroatoms. The van der Waals surface area contributed by atoms with E-state index in [4.69, 9.17) is 16.7 Å². The average Bonchev–Trinajstić information content (AvgIpc) is 2.26. The number of halogens is 1. The standard InChI is InChI=1S/C10H16ClN3O/c1-8(7-15)3-2-6-12-10-5-4-9(11)13-14-10/h4-5,8,15H,2-3,6-7H2,1H3,(H,12,14). The van der Waals surface area contributed by atoms with Crippen LogP contribution in [0.15, 0.2) is 12.1 Å². The van der Waals surface area contributed by atoms with Crippen molar-refractivity contribution in [3.05, 3.63) is 17.3 Å². The monoisotopic (exact) mass is 229 g/mol. The Morgan fingerprint density at radius 3 is 2.87 bits per heavy atom. The normalized spacial score (nSPS) is 12.5. The average molecular weight is 230 g/mol. The van der Waals surface area contributed by atoms with Crippen LogP contribution in [0.1, 0.15) is 19.8 Å². The smallest absolute Gasteiger partial charge is 0.151 e. The predicted octanol–water partition coefficient (Wildman–Crippen LogP) is 1.95. The van der Waals surface area contributed by atoms with Gasteiger partial charge in [0.25, 0.3) is 0 Å². The van der Waals surface area contributed by atoms with E-state index >= 15 is 0 Å². The fourth-order valence-electron chi connectivity index (χ4n) is 1.17. The molecule has 0 amide bonds. The highest BCUT2D eigenvalue weighted by Crippen LogP contribution is 2.07. The van der Waals surface area contributed by atoms with Gasteiger partial charge in [-0.05, 0) is 30.9 Å². The van der Waals surface area contributed by atoms with E-state index in [0.717, 1.165) is 25.2 Å². The second kappa shape index (κ2) is 6.58. The lowest BCUT2D eigenvalue weighted by Gasteiger charge is -2.08. The molecule has 0 aliphatic heterocycles. The molecule has 0 aromatic carbocycles. The number of hydrogen-bond donors (Lipinski definition) is 2. The molecular weight excluding hydrogens is 214 g/mol. The van der Waals surface area contributed by atoms with Crippen molar-refractivity contribution in [2.45, 2.75) is 19.8 Å². The number of rotatable bonds is 6. The summed E-state index contributed by atoms with van der Waals surface area (Å²) in [6.07, 6.45) is 2.01. The fourth-order valence-corrected chi connectivity index (χ4v) is 1.27. The number of aromatic nitrogens is 2. The number of hydrogen-bond acceptors (Lipinski definition) is 4. The molecule has 0 saturated heterocycles.